The maximum absolute atomic E-state index is 13.8. The molecule has 1 N–H and O–H groups in total. The lowest BCUT2D eigenvalue weighted by Crippen LogP contribution is -2.49. The number of benzene rings is 1. The Morgan fingerprint density at radius 2 is 2.00 bits per heavy atom. The van der Waals surface area contributed by atoms with E-state index in [4.69, 9.17) is 11.2 Å². The van der Waals surface area contributed by atoms with Crippen molar-refractivity contribution < 1.29 is 14.2 Å². The Morgan fingerprint density at radius 3 is 2.58 bits per heavy atom. The predicted octanol–water partition coefficient (Wildman–Crippen LogP) is 2.13. The summed E-state index contributed by atoms with van der Waals surface area (Å²) in [6.45, 7) is 7.63. The molecular formula is C19H27FN2O2. The molecule has 2 rings (SSSR count). The highest BCUT2D eigenvalue weighted by Crippen LogP contribution is 2.20. The molecule has 1 aromatic carbocycles. The fourth-order valence-corrected chi connectivity index (χ4v) is 2.76. The summed E-state index contributed by atoms with van der Waals surface area (Å²) in [7, 11) is 0. The second-order valence-corrected chi connectivity index (χ2v) is 6.43. The Balaban J connectivity index is 1.77. The van der Waals surface area contributed by atoms with E-state index in [-0.39, 0.29) is 12.4 Å². The van der Waals surface area contributed by atoms with Gasteiger partial charge in [-0.3, -0.25) is 4.90 Å². The predicted molar refractivity (Wildman–Crippen MR) is 94.5 cm³/mol. The standard InChI is InChI=1S/C19H27FN2O2/c1-4-19(3,5-2)24-15-16(23)14-21-10-12-22(13-11-21)18-9-7-6-8-17(18)20/h1,6-9,16,23H,5,10-15H2,2-3H3/t16-,19-/m0/s1. The molecule has 1 aliphatic rings. The Bertz CT molecular complexity index is 567. The Kier molecular flexibility index (Phi) is 6.61. The molecule has 24 heavy (non-hydrogen) atoms. The van der Waals surface area contributed by atoms with Crippen LogP contribution in [0.5, 0.6) is 0 Å². The Hall–Kier alpha value is -1.61. The number of aliphatic hydroxyl groups is 1. The second kappa shape index (κ2) is 8.48. The number of para-hydroxylation sites is 1. The van der Waals surface area contributed by atoms with E-state index >= 15 is 0 Å². The van der Waals surface area contributed by atoms with Gasteiger partial charge in [0.2, 0.25) is 0 Å². The van der Waals surface area contributed by atoms with Gasteiger partial charge < -0.3 is 14.7 Å². The van der Waals surface area contributed by atoms with Crippen LogP contribution >= 0.6 is 0 Å². The SMILES string of the molecule is C#C[C@@](C)(CC)OC[C@@H](O)CN1CCN(c2ccccc2F)CC1. The molecule has 1 heterocycles. The van der Waals surface area contributed by atoms with Crippen molar-refractivity contribution in [2.45, 2.75) is 32.0 Å². The van der Waals surface area contributed by atoms with Crippen LogP contribution in [-0.4, -0.2) is 61.0 Å². The molecule has 2 atom stereocenters. The van der Waals surface area contributed by atoms with E-state index in [1.165, 1.54) is 6.07 Å². The van der Waals surface area contributed by atoms with Crippen molar-refractivity contribution in [3.05, 3.63) is 30.1 Å². The average Bonchev–Trinajstić information content (AvgIpc) is 2.61. The van der Waals surface area contributed by atoms with E-state index in [1.807, 2.05) is 24.8 Å². The number of piperazine rings is 1. The number of aliphatic hydroxyl groups excluding tert-OH is 1. The van der Waals surface area contributed by atoms with Gasteiger partial charge in [-0.1, -0.05) is 25.0 Å². The van der Waals surface area contributed by atoms with Gasteiger partial charge in [-0.2, -0.15) is 0 Å². The summed E-state index contributed by atoms with van der Waals surface area (Å²) in [5, 5.41) is 10.2. The van der Waals surface area contributed by atoms with E-state index in [1.54, 1.807) is 12.1 Å². The van der Waals surface area contributed by atoms with Crippen LogP contribution in [0.25, 0.3) is 0 Å². The third kappa shape index (κ3) is 4.94. The first kappa shape index (κ1) is 18.7. The van der Waals surface area contributed by atoms with Gasteiger partial charge in [0, 0.05) is 32.7 Å². The van der Waals surface area contributed by atoms with E-state index in [9.17, 15) is 9.50 Å². The molecule has 1 saturated heterocycles. The minimum absolute atomic E-state index is 0.187. The summed E-state index contributed by atoms with van der Waals surface area (Å²) in [6, 6.07) is 6.84. The first-order chi connectivity index (χ1) is 11.5. The summed E-state index contributed by atoms with van der Waals surface area (Å²) in [6.07, 6.45) is 5.59. The lowest BCUT2D eigenvalue weighted by Gasteiger charge is -2.37. The van der Waals surface area contributed by atoms with Crippen LogP contribution in [0.3, 0.4) is 0 Å². The monoisotopic (exact) mass is 334 g/mol. The Morgan fingerprint density at radius 1 is 1.33 bits per heavy atom. The van der Waals surface area contributed by atoms with Crippen LogP contribution in [0.15, 0.2) is 24.3 Å². The highest BCUT2D eigenvalue weighted by Gasteiger charge is 2.24. The highest BCUT2D eigenvalue weighted by atomic mass is 19.1. The molecule has 5 heteroatoms. The number of ether oxygens (including phenoxy) is 1. The van der Waals surface area contributed by atoms with Gasteiger partial charge in [0.05, 0.1) is 18.4 Å². The summed E-state index contributed by atoms with van der Waals surface area (Å²) >= 11 is 0. The van der Waals surface area contributed by atoms with Crippen molar-refractivity contribution in [1.82, 2.24) is 4.90 Å². The van der Waals surface area contributed by atoms with Gasteiger partial charge >= 0.3 is 0 Å². The van der Waals surface area contributed by atoms with Crippen LogP contribution < -0.4 is 4.90 Å². The van der Waals surface area contributed by atoms with E-state index in [0.29, 0.717) is 18.7 Å². The van der Waals surface area contributed by atoms with Crippen LogP contribution in [0.2, 0.25) is 0 Å². The number of anilines is 1. The van der Waals surface area contributed by atoms with Crippen LogP contribution in [-0.2, 0) is 4.74 Å². The minimum Gasteiger partial charge on any atom is -0.389 e. The first-order valence-electron chi connectivity index (χ1n) is 8.49. The molecule has 0 radical (unpaired) electrons. The van der Waals surface area contributed by atoms with E-state index in [0.717, 1.165) is 26.2 Å². The molecular weight excluding hydrogens is 307 g/mol. The molecule has 0 unspecified atom stereocenters. The van der Waals surface area contributed by atoms with Crippen molar-refractivity contribution in [3.8, 4) is 12.3 Å². The molecule has 4 nitrogen and oxygen atoms in total. The van der Waals surface area contributed by atoms with E-state index < -0.39 is 11.7 Å². The minimum atomic E-state index is -0.621. The lowest BCUT2D eigenvalue weighted by molar-refractivity contribution is -0.0473. The third-order valence-corrected chi connectivity index (χ3v) is 4.61. The number of terminal acetylenes is 1. The average molecular weight is 334 g/mol. The van der Waals surface area contributed by atoms with Gasteiger partial charge in [-0.25, -0.2) is 4.39 Å². The largest absolute Gasteiger partial charge is 0.389 e. The maximum atomic E-state index is 13.8. The van der Waals surface area contributed by atoms with Crippen molar-refractivity contribution in [2.24, 2.45) is 0 Å². The molecule has 0 bridgehead atoms. The Labute approximate surface area is 144 Å². The van der Waals surface area contributed by atoms with Gasteiger partial charge in [-0.15, -0.1) is 6.42 Å². The second-order valence-electron chi connectivity index (χ2n) is 6.43. The molecule has 0 saturated carbocycles. The molecule has 0 aromatic heterocycles. The number of hydrogen-bond donors (Lipinski definition) is 1. The fourth-order valence-electron chi connectivity index (χ4n) is 2.76. The number of hydrogen-bond acceptors (Lipinski definition) is 4. The molecule has 0 amide bonds. The van der Waals surface area contributed by atoms with Crippen molar-refractivity contribution in [3.63, 3.8) is 0 Å². The quantitative estimate of drug-likeness (QED) is 0.775. The molecule has 1 aromatic rings. The summed E-state index contributed by atoms with van der Waals surface area (Å²) in [5.41, 5.74) is 0.0265. The molecule has 0 aliphatic carbocycles. The van der Waals surface area contributed by atoms with Crippen LogP contribution in [0.1, 0.15) is 20.3 Å². The molecule has 1 aliphatic heterocycles. The van der Waals surface area contributed by atoms with E-state index in [2.05, 4.69) is 10.8 Å². The van der Waals surface area contributed by atoms with Crippen molar-refractivity contribution in [1.29, 1.82) is 0 Å². The van der Waals surface area contributed by atoms with Crippen molar-refractivity contribution >= 4 is 5.69 Å². The molecule has 132 valence electrons. The van der Waals surface area contributed by atoms with Crippen LogP contribution in [0.4, 0.5) is 10.1 Å². The number of nitrogens with zero attached hydrogens (tertiary/aromatic N) is 2. The summed E-state index contributed by atoms with van der Waals surface area (Å²) < 4.78 is 19.5. The van der Waals surface area contributed by atoms with Gasteiger partial charge in [0.25, 0.3) is 0 Å². The summed E-state index contributed by atoms with van der Waals surface area (Å²) in [4.78, 5) is 4.21. The maximum Gasteiger partial charge on any atom is 0.146 e. The fraction of sp³-hybridized carbons (Fsp3) is 0.579. The number of halogens is 1. The summed E-state index contributed by atoms with van der Waals surface area (Å²) in [5.74, 6) is 2.44. The number of β-amino-alcohol motifs (C(OH)–C–C–N with tert-alkyl or cyclic N) is 1. The zero-order valence-corrected chi connectivity index (χ0v) is 14.5. The number of rotatable bonds is 7. The zero-order chi connectivity index (χ0) is 17.6. The van der Waals surface area contributed by atoms with Crippen molar-refractivity contribution in [2.75, 3.05) is 44.2 Å². The normalized spacial score (nSPS) is 19.5. The lowest BCUT2D eigenvalue weighted by atomic mass is 10.1. The van der Waals surface area contributed by atoms with Gasteiger partial charge in [0.1, 0.15) is 11.4 Å². The van der Waals surface area contributed by atoms with Gasteiger partial charge in [-0.05, 0) is 25.5 Å². The van der Waals surface area contributed by atoms with Crippen LogP contribution in [0, 0.1) is 18.2 Å². The third-order valence-electron chi connectivity index (χ3n) is 4.61. The smallest absolute Gasteiger partial charge is 0.146 e. The molecule has 1 fully saturated rings. The first-order valence-corrected chi connectivity index (χ1v) is 8.49. The highest BCUT2D eigenvalue weighted by molar-refractivity contribution is 5.47. The zero-order valence-electron chi connectivity index (χ0n) is 14.5. The van der Waals surface area contributed by atoms with Gasteiger partial charge in [0.15, 0.2) is 0 Å². The topological polar surface area (TPSA) is 35.9 Å². The molecule has 0 spiro atoms.